The number of carbonyl (C=O) groups is 1. The number of carbonyl (C=O) groups excluding carboxylic acids is 1. The summed E-state index contributed by atoms with van der Waals surface area (Å²) in [5, 5.41) is 3.32. The smallest absolute Gasteiger partial charge is 0.236 e. The quantitative estimate of drug-likeness (QED) is 0.735. The largest absolute Gasteiger partial charge is 0.306 e. The molecule has 1 N–H and O–H groups in total. The second-order valence-electron chi connectivity index (χ2n) is 8.45. The lowest BCUT2D eigenvalue weighted by atomic mass is 9.95. The SMILES string of the molecule is CC1C(=O)N(c2ccc(Cl)cc2Cl)Cc2ccc(NN3CC4CCCC4C3)nc21. The number of fused-ring (bicyclic) bond motifs is 2. The van der Waals surface area contributed by atoms with Crippen molar-refractivity contribution in [1.29, 1.82) is 0 Å². The molecular formula is C22H24Cl2N4O. The highest BCUT2D eigenvalue weighted by Crippen LogP contribution is 2.39. The Kier molecular flexibility index (Phi) is 4.93. The molecule has 5 nitrogen and oxygen atoms in total. The lowest BCUT2D eigenvalue weighted by Crippen LogP contribution is -2.39. The van der Waals surface area contributed by atoms with Gasteiger partial charge >= 0.3 is 0 Å². The highest BCUT2D eigenvalue weighted by molar-refractivity contribution is 6.36. The Morgan fingerprint density at radius 3 is 2.59 bits per heavy atom. The van der Waals surface area contributed by atoms with Gasteiger partial charge in [-0.25, -0.2) is 9.99 Å². The van der Waals surface area contributed by atoms with Gasteiger partial charge in [-0.3, -0.25) is 4.79 Å². The van der Waals surface area contributed by atoms with Gasteiger partial charge in [-0.2, -0.15) is 0 Å². The van der Waals surface area contributed by atoms with Gasteiger partial charge in [0.05, 0.1) is 28.9 Å². The maximum atomic E-state index is 13.1. The number of pyridine rings is 1. The van der Waals surface area contributed by atoms with Crippen molar-refractivity contribution in [2.75, 3.05) is 23.4 Å². The number of nitrogens with zero attached hydrogens (tertiary/aromatic N) is 3. The topological polar surface area (TPSA) is 48.5 Å². The highest BCUT2D eigenvalue weighted by atomic mass is 35.5. The van der Waals surface area contributed by atoms with Crippen LogP contribution in [-0.2, 0) is 11.3 Å². The van der Waals surface area contributed by atoms with Gasteiger partial charge in [0.25, 0.3) is 0 Å². The molecule has 3 atom stereocenters. The number of amides is 1. The third kappa shape index (κ3) is 3.49. The third-order valence-corrected chi connectivity index (χ3v) is 7.12. The second-order valence-corrected chi connectivity index (χ2v) is 9.29. The Morgan fingerprint density at radius 2 is 1.86 bits per heavy atom. The molecule has 0 bridgehead atoms. The van der Waals surface area contributed by atoms with Crippen molar-refractivity contribution in [2.45, 2.75) is 38.6 Å². The first kappa shape index (κ1) is 19.2. The maximum absolute atomic E-state index is 13.1. The molecule has 1 aromatic carbocycles. The third-order valence-electron chi connectivity index (χ3n) is 6.59. The van der Waals surface area contributed by atoms with E-state index in [1.165, 1.54) is 19.3 Å². The van der Waals surface area contributed by atoms with Crippen LogP contribution in [0.4, 0.5) is 11.5 Å². The molecule has 5 rings (SSSR count). The summed E-state index contributed by atoms with van der Waals surface area (Å²) in [4.78, 5) is 19.6. The van der Waals surface area contributed by atoms with E-state index in [4.69, 9.17) is 28.2 Å². The van der Waals surface area contributed by atoms with Crippen LogP contribution in [-0.4, -0.2) is 29.0 Å². The van der Waals surface area contributed by atoms with E-state index in [1.807, 2.05) is 13.0 Å². The zero-order valence-electron chi connectivity index (χ0n) is 16.4. The molecule has 3 heterocycles. The van der Waals surface area contributed by atoms with Gasteiger partial charge in [0.15, 0.2) is 0 Å². The molecule has 1 saturated heterocycles. The van der Waals surface area contributed by atoms with E-state index in [2.05, 4.69) is 16.5 Å². The summed E-state index contributed by atoms with van der Waals surface area (Å²) in [7, 11) is 0. The molecule has 1 saturated carbocycles. The molecule has 1 amide bonds. The number of aromatic nitrogens is 1. The van der Waals surface area contributed by atoms with Crippen molar-refractivity contribution >= 4 is 40.6 Å². The fraction of sp³-hybridized carbons (Fsp3) is 0.455. The van der Waals surface area contributed by atoms with Crippen LogP contribution in [0.2, 0.25) is 10.0 Å². The molecule has 152 valence electrons. The molecule has 2 aliphatic heterocycles. The summed E-state index contributed by atoms with van der Waals surface area (Å²) in [6.45, 7) is 4.54. The van der Waals surface area contributed by atoms with Gasteiger partial charge in [-0.1, -0.05) is 35.7 Å². The summed E-state index contributed by atoms with van der Waals surface area (Å²) in [6.07, 6.45) is 4.05. The number of rotatable bonds is 3. The summed E-state index contributed by atoms with van der Waals surface area (Å²) in [5.41, 5.74) is 6.06. The molecule has 3 aliphatic rings. The van der Waals surface area contributed by atoms with Crippen LogP contribution in [0.25, 0.3) is 0 Å². The van der Waals surface area contributed by atoms with Crippen LogP contribution < -0.4 is 10.3 Å². The van der Waals surface area contributed by atoms with E-state index in [9.17, 15) is 4.79 Å². The van der Waals surface area contributed by atoms with Crippen molar-refractivity contribution in [3.63, 3.8) is 0 Å². The van der Waals surface area contributed by atoms with Crippen LogP contribution in [0.1, 0.15) is 43.4 Å². The average molecular weight is 431 g/mol. The number of nitrogens with one attached hydrogen (secondary N) is 1. The Morgan fingerprint density at radius 1 is 1.10 bits per heavy atom. The molecule has 0 spiro atoms. The van der Waals surface area contributed by atoms with Gasteiger partial charge in [-0.05, 0) is 61.4 Å². The van der Waals surface area contributed by atoms with Gasteiger partial charge in [-0.15, -0.1) is 0 Å². The first-order valence-electron chi connectivity index (χ1n) is 10.3. The zero-order valence-corrected chi connectivity index (χ0v) is 17.9. The summed E-state index contributed by atoms with van der Waals surface area (Å²) >= 11 is 12.4. The number of hydrogen-bond donors (Lipinski definition) is 1. The second kappa shape index (κ2) is 7.46. The van der Waals surface area contributed by atoms with Crippen LogP contribution in [0.15, 0.2) is 30.3 Å². The monoisotopic (exact) mass is 430 g/mol. The number of hydrazine groups is 1. The molecule has 2 fully saturated rings. The summed E-state index contributed by atoms with van der Waals surface area (Å²) in [6, 6.07) is 9.31. The number of halogens is 2. The van der Waals surface area contributed by atoms with Crippen molar-refractivity contribution in [3.8, 4) is 0 Å². The predicted octanol–water partition coefficient (Wildman–Crippen LogP) is 5.10. The van der Waals surface area contributed by atoms with Crippen molar-refractivity contribution < 1.29 is 4.79 Å². The summed E-state index contributed by atoms with van der Waals surface area (Å²) in [5.74, 6) is 2.13. The number of anilines is 2. The highest BCUT2D eigenvalue weighted by Gasteiger charge is 2.37. The number of hydrogen-bond acceptors (Lipinski definition) is 4. The summed E-state index contributed by atoms with van der Waals surface area (Å²) < 4.78 is 0. The molecule has 1 aromatic heterocycles. The lowest BCUT2D eigenvalue weighted by Gasteiger charge is -2.33. The van der Waals surface area contributed by atoms with Crippen LogP contribution in [0, 0.1) is 11.8 Å². The molecular weight excluding hydrogens is 407 g/mol. The van der Waals surface area contributed by atoms with Crippen molar-refractivity contribution in [1.82, 2.24) is 9.99 Å². The minimum atomic E-state index is -0.329. The standard InChI is InChI=1S/C22H24Cl2N4O/c1-13-21-16(12-28(22(13)29)19-7-6-17(23)9-18(19)24)5-8-20(25-21)26-27-10-14-3-2-4-15(14)11-27/h5-9,13-15H,2-4,10-12H2,1H3,(H,25,26). The van der Waals surface area contributed by atoms with E-state index >= 15 is 0 Å². The number of benzene rings is 1. The fourth-order valence-corrected chi connectivity index (χ4v) is 5.58. The maximum Gasteiger partial charge on any atom is 0.236 e. The molecule has 29 heavy (non-hydrogen) atoms. The predicted molar refractivity (Wildman–Crippen MR) is 116 cm³/mol. The first-order chi connectivity index (χ1) is 14.0. The molecule has 2 aromatic rings. The van der Waals surface area contributed by atoms with Gasteiger partial charge in [0.2, 0.25) is 5.91 Å². The minimum Gasteiger partial charge on any atom is -0.306 e. The average Bonchev–Trinajstić information content (AvgIpc) is 3.27. The fourth-order valence-electron chi connectivity index (χ4n) is 5.07. The van der Waals surface area contributed by atoms with E-state index < -0.39 is 0 Å². The normalized spacial score (nSPS) is 26.5. The first-order valence-corrected chi connectivity index (χ1v) is 11.0. The molecule has 0 radical (unpaired) electrons. The van der Waals surface area contributed by atoms with E-state index in [0.29, 0.717) is 22.3 Å². The minimum absolute atomic E-state index is 0.00192. The van der Waals surface area contributed by atoms with Gasteiger partial charge in [0.1, 0.15) is 5.82 Å². The van der Waals surface area contributed by atoms with Gasteiger partial charge < -0.3 is 10.3 Å². The molecule has 3 unspecified atom stereocenters. The Labute approximate surface area is 181 Å². The van der Waals surface area contributed by atoms with E-state index in [0.717, 1.165) is 42.0 Å². The Bertz CT molecular complexity index is 954. The van der Waals surface area contributed by atoms with Crippen molar-refractivity contribution in [2.24, 2.45) is 11.8 Å². The van der Waals surface area contributed by atoms with E-state index in [1.54, 1.807) is 23.1 Å². The Hall–Kier alpha value is -1.82. The molecule has 7 heteroatoms. The molecule has 1 aliphatic carbocycles. The Balaban J connectivity index is 1.37. The van der Waals surface area contributed by atoms with Crippen LogP contribution in [0.5, 0.6) is 0 Å². The zero-order chi connectivity index (χ0) is 20.1. The van der Waals surface area contributed by atoms with Gasteiger partial charge in [0, 0.05) is 18.1 Å². The van der Waals surface area contributed by atoms with Crippen molar-refractivity contribution in [3.05, 3.63) is 51.6 Å². The van der Waals surface area contributed by atoms with Crippen LogP contribution in [0.3, 0.4) is 0 Å². The van der Waals surface area contributed by atoms with Crippen LogP contribution >= 0.6 is 23.2 Å². The van der Waals surface area contributed by atoms with E-state index in [-0.39, 0.29) is 11.8 Å². The lowest BCUT2D eigenvalue weighted by molar-refractivity contribution is -0.120.